The predicted molar refractivity (Wildman–Crippen MR) is 72.6 cm³/mol. The smallest absolute Gasteiger partial charge is 0.309 e. The Morgan fingerprint density at radius 3 is 2.50 bits per heavy atom. The number of rotatable bonds is 2. The molecule has 4 nitrogen and oxygen atoms in total. The van der Waals surface area contributed by atoms with Gasteiger partial charge in [-0.1, -0.05) is 20.8 Å². The van der Waals surface area contributed by atoms with Crippen LogP contribution in [0.1, 0.15) is 42.7 Å². The molecular weight excluding hydrogens is 248 g/mol. The van der Waals surface area contributed by atoms with Crippen LogP contribution in [0.3, 0.4) is 0 Å². The fraction of sp³-hybridized carbons (Fsp3) is 0.538. The van der Waals surface area contributed by atoms with Crippen LogP contribution in [0.4, 0.5) is 0 Å². The van der Waals surface area contributed by atoms with Crippen molar-refractivity contribution in [3.63, 3.8) is 0 Å². The predicted octanol–water partition coefficient (Wildman–Crippen LogP) is 2.94. The van der Waals surface area contributed by atoms with Crippen molar-refractivity contribution in [2.75, 3.05) is 0 Å². The molecule has 0 unspecified atom stereocenters. The highest BCUT2D eigenvalue weighted by Gasteiger charge is 2.26. The normalized spacial score (nSPS) is 12.3. The maximum atomic E-state index is 11.1. The third-order valence-corrected chi connectivity index (χ3v) is 4.12. The molecule has 0 aromatic carbocycles. The highest BCUT2D eigenvalue weighted by Crippen LogP contribution is 2.31. The van der Waals surface area contributed by atoms with E-state index in [0.717, 1.165) is 22.0 Å². The van der Waals surface area contributed by atoms with Crippen LogP contribution in [0, 0.1) is 13.8 Å². The molecule has 1 N–H and O–H groups in total. The molecule has 2 heterocycles. The minimum absolute atomic E-state index is 0.0186. The molecular formula is C13H18N2O2S. The Balaban J connectivity index is 2.76. The number of aryl methyl sites for hydroxylation is 2. The fourth-order valence-electron chi connectivity index (χ4n) is 2.12. The molecule has 0 amide bonds. The van der Waals surface area contributed by atoms with E-state index in [1.807, 2.05) is 18.2 Å². The zero-order valence-corrected chi connectivity index (χ0v) is 12.2. The molecule has 0 aliphatic carbocycles. The van der Waals surface area contributed by atoms with Gasteiger partial charge in [0, 0.05) is 16.0 Å². The van der Waals surface area contributed by atoms with Gasteiger partial charge in [0.15, 0.2) is 4.96 Å². The van der Waals surface area contributed by atoms with Gasteiger partial charge in [-0.05, 0) is 13.8 Å². The van der Waals surface area contributed by atoms with Crippen molar-refractivity contribution in [2.45, 2.75) is 46.5 Å². The highest BCUT2D eigenvalue weighted by molar-refractivity contribution is 7.17. The molecule has 2 rings (SSSR count). The molecule has 0 aliphatic heterocycles. The first-order valence-electron chi connectivity index (χ1n) is 5.91. The number of carboxylic acid groups (broad SMARTS) is 1. The molecule has 18 heavy (non-hydrogen) atoms. The molecule has 2 aromatic rings. The van der Waals surface area contributed by atoms with E-state index in [2.05, 4.69) is 25.8 Å². The van der Waals surface area contributed by atoms with Crippen molar-refractivity contribution in [1.29, 1.82) is 0 Å². The summed E-state index contributed by atoms with van der Waals surface area (Å²) in [5, 5.41) is 9.09. The summed E-state index contributed by atoms with van der Waals surface area (Å²) in [7, 11) is 0. The minimum Gasteiger partial charge on any atom is -0.481 e. The van der Waals surface area contributed by atoms with Crippen LogP contribution in [-0.2, 0) is 16.6 Å². The lowest BCUT2D eigenvalue weighted by Gasteiger charge is -2.17. The minimum atomic E-state index is -0.814. The van der Waals surface area contributed by atoms with Gasteiger partial charge in [-0.3, -0.25) is 9.20 Å². The lowest BCUT2D eigenvalue weighted by Crippen LogP contribution is -2.17. The lowest BCUT2D eigenvalue weighted by atomic mass is 9.90. The zero-order valence-electron chi connectivity index (χ0n) is 11.4. The third kappa shape index (κ3) is 2.03. The monoisotopic (exact) mass is 266 g/mol. The maximum absolute atomic E-state index is 11.1. The number of thiazole rings is 1. The van der Waals surface area contributed by atoms with Gasteiger partial charge in [0.05, 0.1) is 17.8 Å². The van der Waals surface area contributed by atoms with E-state index in [1.54, 1.807) is 11.3 Å². The molecule has 0 saturated carbocycles. The van der Waals surface area contributed by atoms with Gasteiger partial charge in [0.25, 0.3) is 0 Å². The van der Waals surface area contributed by atoms with E-state index in [0.29, 0.717) is 0 Å². The summed E-state index contributed by atoms with van der Waals surface area (Å²) in [5.41, 5.74) is 2.65. The van der Waals surface area contributed by atoms with Crippen LogP contribution in [0.15, 0.2) is 0 Å². The van der Waals surface area contributed by atoms with Gasteiger partial charge in [0.1, 0.15) is 0 Å². The van der Waals surface area contributed by atoms with Gasteiger partial charge >= 0.3 is 5.97 Å². The van der Waals surface area contributed by atoms with Crippen molar-refractivity contribution in [3.8, 4) is 0 Å². The second-order valence-corrected chi connectivity index (χ2v) is 6.77. The van der Waals surface area contributed by atoms with Crippen LogP contribution in [0.5, 0.6) is 0 Å². The Bertz CT molecular complexity index is 617. The molecule has 0 atom stereocenters. The van der Waals surface area contributed by atoms with Gasteiger partial charge in [-0.15, -0.1) is 11.3 Å². The Morgan fingerprint density at radius 1 is 1.39 bits per heavy atom. The second-order valence-electron chi connectivity index (χ2n) is 5.59. The molecule has 0 fully saturated rings. The number of hydrogen-bond donors (Lipinski definition) is 1. The van der Waals surface area contributed by atoms with Crippen LogP contribution in [0.2, 0.25) is 0 Å². The summed E-state index contributed by atoms with van der Waals surface area (Å²) in [6.45, 7) is 10.2. The first-order valence-corrected chi connectivity index (χ1v) is 6.73. The summed E-state index contributed by atoms with van der Waals surface area (Å²) in [6, 6.07) is 0. The van der Waals surface area contributed by atoms with Gasteiger partial charge in [-0.25, -0.2) is 4.98 Å². The largest absolute Gasteiger partial charge is 0.481 e. The molecule has 0 bridgehead atoms. The number of imidazole rings is 1. The number of aromatic nitrogens is 2. The van der Waals surface area contributed by atoms with Crippen molar-refractivity contribution in [2.24, 2.45) is 0 Å². The summed E-state index contributed by atoms with van der Waals surface area (Å²) in [6.07, 6.45) is 0.0186. The third-order valence-electron chi connectivity index (χ3n) is 3.06. The first-order chi connectivity index (χ1) is 8.21. The van der Waals surface area contributed by atoms with E-state index in [-0.39, 0.29) is 11.8 Å². The Kier molecular flexibility index (Phi) is 2.97. The number of fused-ring (bicyclic) bond motifs is 1. The quantitative estimate of drug-likeness (QED) is 0.909. The standard InChI is InChI=1S/C13H18N2O2S/c1-7-8(2)18-12-14-11(13(3,4)5)9(15(7)12)6-10(16)17/h6H2,1-5H3,(H,16,17). The second kappa shape index (κ2) is 4.09. The average molecular weight is 266 g/mol. The zero-order chi connectivity index (χ0) is 13.7. The summed E-state index contributed by atoms with van der Waals surface area (Å²) < 4.78 is 1.99. The number of hydrogen-bond acceptors (Lipinski definition) is 3. The number of carbonyl (C=O) groups is 1. The Hall–Kier alpha value is -1.36. The molecule has 0 saturated heterocycles. The molecule has 0 spiro atoms. The number of aliphatic carboxylic acids is 1. The van der Waals surface area contributed by atoms with Crippen molar-refractivity contribution in [1.82, 2.24) is 9.38 Å². The van der Waals surface area contributed by atoms with Crippen molar-refractivity contribution in [3.05, 3.63) is 22.0 Å². The van der Waals surface area contributed by atoms with E-state index >= 15 is 0 Å². The van der Waals surface area contributed by atoms with E-state index in [1.165, 1.54) is 4.88 Å². The summed E-state index contributed by atoms with van der Waals surface area (Å²) in [5.74, 6) is -0.814. The van der Waals surface area contributed by atoms with Crippen molar-refractivity contribution >= 4 is 22.3 Å². The molecule has 98 valence electrons. The molecule has 5 heteroatoms. The van der Waals surface area contributed by atoms with Crippen LogP contribution in [0.25, 0.3) is 4.96 Å². The topological polar surface area (TPSA) is 54.6 Å². The van der Waals surface area contributed by atoms with E-state index in [9.17, 15) is 4.79 Å². The Labute approximate surface area is 110 Å². The number of carboxylic acids is 1. The fourth-order valence-corrected chi connectivity index (χ4v) is 3.11. The summed E-state index contributed by atoms with van der Waals surface area (Å²) in [4.78, 5) is 17.8. The van der Waals surface area contributed by atoms with Crippen molar-refractivity contribution < 1.29 is 9.90 Å². The van der Waals surface area contributed by atoms with Gasteiger partial charge in [-0.2, -0.15) is 0 Å². The number of nitrogens with zero attached hydrogens (tertiary/aromatic N) is 2. The Morgan fingerprint density at radius 2 is 2.00 bits per heavy atom. The average Bonchev–Trinajstić information content (AvgIpc) is 2.66. The highest BCUT2D eigenvalue weighted by atomic mass is 32.1. The molecule has 0 radical (unpaired) electrons. The van der Waals surface area contributed by atoms with Crippen LogP contribution in [-0.4, -0.2) is 20.5 Å². The molecule has 2 aromatic heterocycles. The summed E-state index contributed by atoms with van der Waals surface area (Å²) >= 11 is 1.62. The van der Waals surface area contributed by atoms with Crippen LogP contribution < -0.4 is 0 Å². The van der Waals surface area contributed by atoms with Gasteiger partial charge < -0.3 is 5.11 Å². The molecule has 0 aliphatic rings. The first kappa shape index (κ1) is 13.1. The van der Waals surface area contributed by atoms with Crippen LogP contribution >= 0.6 is 11.3 Å². The van der Waals surface area contributed by atoms with E-state index < -0.39 is 5.97 Å². The van der Waals surface area contributed by atoms with E-state index in [4.69, 9.17) is 5.11 Å². The van der Waals surface area contributed by atoms with Gasteiger partial charge in [0.2, 0.25) is 0 Å². The SMILES string of the molecule is Cc1sc2nc(C(C)(C)C)c(CC(=O)O)n2c1C. The maximum Gasteiger partial charge on any atom is 0.309 e. The lowest BCUT2D eigenvalue weighted by molar-refractivity contribution is -0.136.